The number of hydrogen-bond acceptors (Lipinski definition) is 3. The summed E-state index contributed by atoms with van der Waals surface area (Å²) in [5.41, 5.74) is -1.58. The first kappa shape index (κ1) is 19.2. The Morgan fingerprint density at radius 1 is 0.808 bits per heavy atom. The molecule has 1 amide bonds. The molecule has 0 heterocycles. The van der Waals surface area contributed by atoms with Gasteiger partial charge in [-0.15, -0.1) is 0 Å². The molecular formula is C20H21NO5. The number of rotatable bonds is 7. The SMILES string of the molecule is CC(C)C(=O)NC(C(=O)O)(C(=O)O)C(c1ccccc1)c1ccccc1. The summed E-state index contributed by atoms with van der Waals surface area (Å²) in [6.45, 7) is 3.15. The van der Waals surface area contributed by atoms with Gasteiger partial charge >= 0.3 is 11.9 Å². The van der Waals surface area contributed by atoms with Crippen LogP contribution in [-0.4, -0.2) is 33.6 Å². The third kappa shape index (κ3) is 3.59. The van der Waals surface area contributed by atoms with Gasteiger partial charge in [-0.25, -0.2) is 9.59 Å². The van der Waals surface area contributed by atoms with Crippen LogP contribution in [0.5, 0.6) is 0 Å². The molecule has 2 aromatic carbocycles. The molecule has 0 radical (unpaired) electrons. The van der Waals surface area contributed by atoms with Gasteiger partial charge < -0.3 is 15.5 Å². The molecule has 6 heteroatoms. The van der Waals surface area contributed by atoms with E-state index in [9.17, 15) is 24.6 Å². The molecule has 2 aromatic rings. The van der Waals surface area contributed by atoms with Crippen LogP contribution in [0.15, 0.2) is 60.7 Å². The number of carbonyl (C=O) groups excluding carboxylic acids is 1. The topological polar surface area (TPSA) is 104 Å². The predicted octanol–water partition coefficient (Wildman–Crippen LogP) is 2.50. The van der Waals surface area contributed by atoms with Crippen molar-refractivity contribution in [2.75, 3.05) is 0 Å². The first-order valence-corrected chi connectivity index (χ1v) is 8.19. The molecule has 0 unspecified atom stereocenters. The molecule has 0 spiro atoms. The molecule has 2 rings (SSSR count). The van der Waals surface area contributed by atoms with Crippen LogP contribution < -0.4 is 5.32 Å². The number of amides is 1. The van der Waals surface area contributed by atoms with E-state index in [4.69, 9.17) is 0 Å². The maximum Gasteiger partial charge on any atom is 0.342 e. The third-order valence-corrected chi connectivity index (χ3v) is 4.22. The van der Waals surface area contributed by atoms with E-state index in [2.05, 4.69) is 5.32 Å². The molecule has 0 aliphatic carbocycles. The number of carbonyl (C=O) groups is 3. The Balaban J connectivity index is 2.75. The lowest BCUT2D eigenvalue weighted by molar-refractivity contribution is -0.162. The largest absolute Gasteiger partial charge is 0.479 e. The fraction of sp³-hybridized carbons (Fsp3) is 0.250. The Hall–Kier alpha value is -3.15. The zero-order valence-corrected chi connectivity index (χ0v) is 14.5. The second-order valence-electron chi connectivity index (χ2n) is 6.32. The van der Waals surface area contributed by atoms with E-state index >= 15 is 0 Å². The maximum absolute atomic E-state index is 12.3. The van der Waals surface area contributed by atoms with E-state index in [1.54, 1.807) is 74.5 Å². The molecule has 0 atom stereocenters. The van der Waals surface area contributed by atoms with Crippen molar-refractivity contribution in [3.63, 3.8) is 0 Å². The summed E-state index contributed by atoms with van der Waals surface area (Å²) in [7, 11) is 0. The summed E-state index contributed by atoms with van der Waals surface area (Å²) in [6, 6.07) is 16.9. The molecule has 0 fully saturated rings. The molecule has 26 heavy (non-hydrogen) atoms. The summed E-state index contributed by atoms with van der Waals surface area (Å²) in [4.78, 5) is 36.7. The van der Waals surface area contributed by atoms with E-state index in [-0.39, 0.29) is 0 Å². The lowest BCUT2D eigenvalue weighted by atomic mass is 9.74. The number of nitrogens with one attached hydrogen (secondary N) is 1. The van der Waals surface area contributed by atoms with Crippen LogP contribution >= 0.6 is 0 Å². The maximum atomic E-state index is 12.3. The van der Waals surface area contributed by atoms with Crippen molar-refractivity contribution in [2.24, 2.45) is 5.92 Å². The Bertz CT molecular complexity index is 733. The van der Waals surface area contributed by atoms with Gasteiger partial charge in [-0.1, -0.05) is 74.5 Å². The molecule has 3 N–H and O–H groups in total. The smallest absolute Gasteiger partial charge is 0.342 e. The van der Waals surface area contributed by atoms with Crippen LogP contribution in [0.1, 0.15) is 30.9 Å². The highest BCUT2D eigenvalue weighted by Crippen LogP contribution is 2.36. The Morgan fingerprint density at radius 2 is 1.19 bits per heavy atom. The minimum absolute atomic E-state index is 0.479. The van der Waals surface area contributed by atoms with Gasteiger partial charge in [0.05, 0.1) is 5.92 Å². The molecule has 0 aromatic heterocycles. The highest BCUT2D eigenvalue weighted by atomic mass is 16.4. The average molecular weight is 355 g/mol. The van der Waals surface area contributed by atoms with Gasteiger partial charge in [-0.05, 0) is 11.1 Å². The zero-order valence-electron chi connectivity index (χ0n) is 14.5. The average Bonchev–Trinajstić information content (AvgIpc) is 2.62. The van der Waals surface area contributed by atoms with Crippen molar-refractivity contribution in [3.05, 3.63) is 71.8 Å². The van der Waals surface area contributed by atoms with Crippen LogP contribution in [0.2, 0.25) is 0 Å². The summed E-state index contributed by atoms with van der Waals surface area (Å²) in [5.74, 6) is -5.58. The summed E-state index contributed by atoms with van der Waals surface area (Å²) >= 11 is 0. The van der Waals surface area contributed by atoms with E-state index in [1.165, 1.54) is 0 Å². The number of aliphatic carboxylic acids is 2. The third-order valence-electron chi connectivity index (χ3n) is 4.22. The molecule has 0 aliphatic rings. The second-order valence-corrected chi connectivity index (χ2v) is 6.32. The molecule has 0 saturated carbocycles. The predicted molar refractivity (Wildman–Crippen MR) is 95.7 cm³/mol. The summed E-state index contributed by atoms with van der Waals surface area (Å²) in [5, 5.41) is 22.1. The normalized spacial score (nSPS) is 11.4. The number of benzene rings is 2. The van der Waals surface area contributed by atoms with E-state index < -0.39 is 35.2 Å². The Kier molecular flexibility index (Phi) is 5.77. The van der Waals surface area contributed by atoms with Crippen LogP contribution in [0.3, 0.4) is 0 Å². The van der Waals surface area contributed by atoms with E-state index in [0.717, 1.165) is 0 Å². The Labute approximate surface area is 151 Å². The van der Waals surface area contributed by atoms with Gasteiger partial charge in [-0.3, -0.25) is 4.79 Å². The number of carboxylic acids is 2. The highest BCUT2D eigenvalue weighted by molar-refractivity contribution is 6.08. The van der Waals surface area contributed by atoms with Crippen molar-refractivity contribution >= 4 is 17.8 Å². The monoisotopic (exact) mass is 355 g/mol. The fourth-order valence-corrected chi connectivity index (χ4v) is 2.84. The Morgan fingerprint density at radius 3 is 1.50 bits per heavy atom. The number of carboxylic acid groups (broad SMARTS) is 2. The van der Waals surface area contributed by atoms with Gasteiger partial charge in [0.25, 0.3) is 0 Å². The zero-order chi connectivity index (χ0) is 19.3. The highest BCUT2D eigenvalue weighted by Gasteiger charge is 2.55. The lowest BCUT2D eigenvalue weighted by Gasteiger charge is -2.35. The van der Waals surface area contributed by atoms with Crippen LogP contribution in [-0.2, 0) is 14.4 Å². The van der Waals surface area contributed by atoms with Crippen LogP contribution in [0, 0.1) is 5.92 Å². The first-order valence-electron chi connectivity index (χ1n) is 8.19. The second kappa shape index (κ2) is 7.82. The first-order chi connectivity index (χ1) is 12.3. The molecular weight excluding hydrogens is 334 g/mol. The summed E-state index contributed by atoms with van der Waals surface area (Å²) < 4.78 is 0. The van der Waals surface area contributed by atoms with Crippen molar-refractivity contribution in [1.29, 1.82) is 0 Å². The van der Waals surface area contributed by atoms with Crippen molar-refractivity contribution in [2.45, 2.75) is 25.3 Å². The van der Waals surface area contributed by atoms with Crippen LogP contribution in [0.25, 0.3) is 0 Å². The molecule has 0 saturated heterocycles. The minimum atomic E-state index is -2.54. The van der Waals surface area contributed by atoms with Crippen LogP contribution in [0.4, 0.5) is 0 Å². The van der Waals surface area contributed by atoms with E-state index in [1.807, 2.05) is 0 Å². The standard InChI is InChI=1S/C20H21NO5/c1-13(2)17(22)21-20(18(23)24,19(25)26)16(14-9-5-3-6-10-14)15-11-7-4-8-12-15/h3-13,16H,1-2H3,(H,21,22)(H,23,24)(H,25,26). The van der Waals surface area contributed by atoms with Gasteiger partial charge in [0.1, 0.15) is 0 Å². The van der Waals surface area contributed by atoms with E-state index in [0.29, 0.717) is 11.1 Å². The van der Waals surface area contributed by atoms with Gasteiger partial charge in [0, 0.05) is 5.92 Å². The fourth-order valence-electron chi connectivity index (χ4n) is 2.84. The summed E-state index contributed by atoms with van der Waals surface area (Å²) in [6.07, 6.45) is 0. The van der Waals surface area contributed by atoms with Crippen molar-refractivity contribution in [3.8, 4) is 0 Å². The van der Waals surface area contributed by atoms with Gasteiger partial charge in [0.15, 0.2) is 0 Å². The molecule has 0 bridgehead atoms. The lowest BCUT2D eigenvalue weighted by Crippen LogP contribution is -2.64. The molecule has 136 valence electrons. The molecule has 0 aliphatic heterocycles. The minimum Gasteiger partial charge on any atom is -0.479 e. The quantitative estimate of drug-likeness (QED) is 0.662. The van der Waals surface area contributed by atoms with Gasteiger partial charge in [0.2, 0.25) is 11.4 Å². The van der Waals surface area contributed by atoms with Gasteiger partial charge in [-0.2, -0.15) is 0 Å². The van der Waals surface area contributed by atoms with Crippen molar-refractivity contribution in [1.82, 2.24) is 5.32 Å². The number of hydrogen-bond donors (Lipinski definition) is 3. The van der Waals surface area contributed by atoms with Crippen molar-refractivity contribution < 1.29 is 24.6 Å². The molecule has 6 nitrogen and oxygen atoms in total.